The Labute approximate surface area is 120 Å². The van der Waals surface area contributed by atoms with E-state index in [2.05, 4.69) is 20.6 Å². The number of nitrogens with zero attached hydrogens (tertiary/aromatic N) is 3. The number of nitrogens with one attached hydrogen (secondary N) is 2. The van der Waals surface area contributed by atoms with Gasteiger partial charge in [0.25, 0.3) is 5.91 Å². The largest absolute Gasteiger partial charge is 0.369 e. The van der Waals surface area contributed by atoms with Gasteiger partial charge in [-0.1, -0.05) is 0 Å². The van der Waals surface area contributed by atoms with E-state index >= 15 is 0 Å². The zero-order chi connectivity index (χ0) is 15.2. The van der Waals surface area contributed by atoms with Crippen molar-refractivity contribution in [3.63, 3.8) is 0 Å². The lowest BCUT2D eigenvalue weighted by molar-refractivity contribution is 0.102. The third-order valence-corrected chi connectivity index (χ3v) is 2.57. The summed E-state index contributed by atoms with van der Waals surface area (Å²) < 4.78 is 13.7. The molecule has 1 heterocycles. The Kier molecular flexibility index (Phi) is 4.41. The summed E-state index contributed by atoms with van der Waals surface area (Å²) in [6.07, 6.45) is 2.78. The molecule has 0 aliphatic heterocycles. The summed E-state index contributed by atoms with van der Waals surface area (Å²) >= 11 is 0. The fraction of sp³-hybridized carbons (Fsp3) is 0.143. The van der Waals surface area contributed by atoms with E-state index in [4.69, 9.17) is 5.26 Å². The van der Waals surface area contributed by atoms with Crippen molar-refractivity contribution >= 4 is 17.4 Å². The average Bonchev–Trinajstić information content (AvgIpc) is 2.50. The Balaban J connectivity index is 2.18. The second kappa shape index (κ2) is 6.43. The Morgan fingerprint density at radius 3 is 2.90 bits per heavy atom. The summed E-state index contributed by atoms with van der Waals surface area (Å²) in [5.41, 5.74) is 0.228. The van der Waals surface area contributed by atoms with Crippen LogP contribution in [0, 0.1) is 17.1 Å². The lowest BCUT2D eigenvalue weighted by Gasteiger charge is -2.07. The highest BCUT2D eigenvalue weighted by atomic mass is 19.1. The lowest BCUT2D eigenvalue weighted by atomic mass is 10.2. The monoisotopic (exact) mass is 285 g/mol. The van der Waals surface area contributed by atoms with E-state index < -0.39 is 11.7 Å². The molecule has 2 rings (SSSR count). The van der Waals surface area contributed by atoms with Crippen LogP contribution in [0.1, 0.15) is 23.0 Å². The van der Waals surface area contributed by atoms with Crippen LogP contribution in [0.4, 0.5) is 15.9 Å². The number of halogens is 1. The SMILES string of the molecule is CCNc1cncc(C(=O)Nc2ccc(C#N)cc2F)n1. The second-order valence-electron chi connectivity index (χ2n) is 4.08. The van der Waals surface area contributed by atoms with Crippen LogP contribution in [0.5, 0.6) is 0 Å². The number of rotatable bonds is 4. The summed E-state index contributed by atoms with van der Waals surface area (Å²) in [4.78, 5) is 20.0. The normalized spacial score (nSPS) is 9.76. The van der Waals surface area contributed by atoms with Gasteiger partial charge in [-0.05, 0) is 25.1 Å². The van der Waals surface area contributed by atoms with E-state index in [-0.39, 0.29) is 16.9 Å². The van der Waals surface area contributed by atoms with Gasteiger partial charge in [0, 0.05) is 6.54 Å². The zero-order valence-corrected chi connectivity index (χ0v) is 11.2. The first-order chi connectivity index (χ1) is 10.1. The quantitative estimate of drug-likeness (QED) is 0.898. The molecule has 106 valence electrons. The van der Waals surface area contributed by atoms with Crippen molar-refractivity contribution in [2.75, 3.05) is 17.2 Å². The maximum Gasteiger partial charge on any atom is 0.276 e. The highest BCUT2D eigenvalue weighted by Gasteiger charge is 2.12. The molecule has 0 aliphatic rings. The molecule has 0 radical (unpaired) electrons. The van der Waals surface area contributed by atoms with Crippen molar-refractivity contribution in [1.82, 2.24) is 9.97 Å². The van der Waals surface area contributed by atoms with Crippen LogP contribution >= 0.6 is 0 Å². The number of hydrogen-bond donors (Lipinski definition) is 2. The molecule has 2 aromatic rings. The number of amides is 1. The molecule has 0 atom stereocenters. The highest BCUT2D eigenvalue weighted by molar-refractivity contribution is 6.02. The molecular formula is C14H12FN5O. The lowest BCUT2D eigenvalue weighted by Crippen LogP contribution is -2.16. The van der Waals surface area contributed by atoms with Crippen molar-refractivity contribution in [2.24, 2.45) is 0 Å². The van der Waals surface area contributed by atoms with Gasteiger partial charge in [0.05, 0.1) is 29.7 Å². The van der Waals surface area contributed by atoms with Gasteiger partial charge in [0.1, 0.15) is 17.3 Å². The summed E-state index contributed by atoms with van der Waals surface area (Å²) in [6, 6.07) is 5.61. The highest BCUT2D eigenvalue weighted by Crippen LogP contribution is 2.16. The van der Waals surface area contributed by atoms with Gasteiger partial charge in [0.2, 0.25) is 0 Å². The maximum atomic E-state index is 13.7. The average molecular weight is 285 g/mol. The maximum absolute atomic E-state index is 13.7. The van der Waals surface area contributed by atoms with Crippen molar-refractivity contribution < 1.29 is 9.18 Å². The first-order valence-electron chi connectivity index (χ1n) is 6.21. The summed E-state index contributed by atoms with van der Waals surface area (Å²) in [7, 11) is 0. The van der Waals surface area contributed by atoms with Gasteiger partial charge in [-0.2, -0.15) is 5.26 Å². The van der Waals surface area contributed by atoms with E-state index in [1.54, 1.807) is 0 Å². The number of carbonyl (C=O) groups excluding carboxylic acids is 1. The van der Waals surface area contributed by atoms with Crippen LogP contribution in [0.25, 0.3) is 0 Å². The predicted molar refractivity (Wildman–Crippen MR) is 75.3 cm³/mol. The molecule has 0 saturated carbocycles. The van der Waals surface area contributed by atoms with Crippen molar-refractivity contribution in [3.8, 4) is 6.07 Å². The predicted octanol–water partition coefficient (Wildman–Crippen LogP) is 2.17. The fourth-order valence-electron chi connectivity index (χ4n) is 1.61. The summed E-state index contributed by atoms with van der Waals surface area (Å²) in [5.74, 6) is -0.797. The minimum atomic E-state index is -0.682. The molecule has 0 bridgehead atoms. The smallest absolute Gasteiger partial charge is 0.276 e. The van der Waals surface area contributed by atoms with Gasteiger partial charge < -0.3 is 10.6 Å². The van der Waals surface area contributed by atoms with Gasteiger partial charge >= 0.3 is 0 Å². The molecule has 2 N–H and O–H groups in total. The van der Waals surface area contributed by atoms with Gasteiger partial charge in [0.15, 0.2) is 0 Å². The van der Waals surface area contributed by atoms with Crippen LogP contribution in [0.2, 0.25) is 0 Å². The molecule has 1 amide bonds. The zero-order valence-electron chi connectivity index (χ0n) is 11.2. The van der Waals surface area contributed by atoms with Crippen molar-refractivity contribution in [2.45, 2.75) is 6.92 Å². The van der Waals surface area contributed by atoms with Gasteiger partial charge in [-0.3, -0.25) is 9.78 Å². The first-order valence-corrected chi connectivity index (χ1v) is 6.21. The molecule has 0 fully saturated rings. The number of anilines is 2. The molecule has 0 aliphatic carbocycles. The first kappa shape index (κ1) is 14.4. The minimum Gasteiger partial charge on any atom is -0.369 e. The molecule has 6 nitrogen and oxygen atoms in total. The number of nitriles is 1. The fourth-order valence-corrected chi connectivity index (χ4v) is 1.61. The van der Waals surface area contributed by atoms with Crippen LogP contribution in [-0.4, -0.2) is 22.4 Å². The minimum absolute atomic E-state index is 0.0188. The molecule has 0 saturated heterocycles. The van der Waals surface area contributed by atoms with Gasteiger partial charge in [-0.15, -0.1) is 0 Å². The molecule has 0 spiro atoms. The molecule has 1 aromatic carbocycles. The summed E-state index contributed by atoms with van der Waals surface area (Å²) in [5, 5.41) is 14.0. The van der Waals surface area contributed by atoms with Crippen LogP contribution in [-0.2, 0) is 0 Å². The van der Waals surface area contributed by atoms with Crippen LogP contribution in [0.15, 0.2) is 30.6 Å². The molecule has 0 unspecified atom stereocenters. The molecule has 7 heteroatoms. The Morgan fingerprint density at radius 2 is 2.24 bits per heavy atom. The Morgan fingerprint density at radius 1 is 1.43 bits per heavy atom. The number of aromatic nitrogens is 2. The van der Waals surface area contributed by atoms with Crippen molar-refractivity contribution in [1.29, 1.82) is 5.26 Å². The third kappa shape index (κ3) is 3.51. The number of hydrogen-bond acceptors (Lipinski definition) is 5. The van der Waals surface area contributed by atoms with E-state index in [1.807, 2.05) is 13.0 Å². The van der Waals surface area contributed by atoms with Crippen LogP contribution < -0.4 is 10.6 Å². The standard InChI is InChI=1S/C14H12FN5O/c1-2-18-13-8-17-7-12(19-13)14(21)20-11-4-3-9(6-16)5-10(11)15/h3-5,7-8H,2H2,1H3,(H,18,19)(H,20,21). The molecular weight excluding hydrogens is 273 g/mol. The van der Waals surface area contributed by atoms with E-state index in [0.717, 1.165) is 6.07 Å². The van der Waals surface area contributed by atoms with E-state index in [9.17, 15) is 9.18 Å². The third-order valence-electron chi connectivity index (χ3n) is 2.57. The number of carbonyl (C=O) groups is 1. The topological polar surface area (TPSA) is 90.7 Å². The Hall–Kier alpha value is -3.01. The molecule has 1 aromatic heterocycles. The van der Waals surface area contributed by atoms with E-state index in [1.165, 1.54) is 24.5 Å². The van der Waals surface area contributed by atoms with Crippen molar-refractivity contribution in [3.05, 3.63) is 47.7 Å². The molecule has 21 heavy (non-hydrogen) atoms. The van der Waals surface area contributed by atoms with E-state index in [0.29, 0.717) is 12.4 Å². The van der Waals surface area contributed by atoms with Gasteiger partial charge in [-0.25, -0.2) is 9.37 Å². The summed E-state index contributed by atoms with van der Waals surface area (Å²) in [6.45, 7) is 2.53. The second-order valence-corrected chi connectivity index (χ2v) is 4.08. The number of benzene rings is 1. The Bertz CT molecular complexity index is 711. The van der Waals surface area contributed by atoms with Crippen LogP contribution in [0.3, 0.4) is 0 Å².